The lowest BCUT2D eigenvalue weighted by molar-refractivity contribution is -0.129. The van der Waals surface area contributed by atoms with E-state index in [4.69, 9.17) is 9.47 Å². The largest absolute Gasteiger partial charge is 0.474 e. The smallest absolute Gasteiger partial charge is 0.246 e. The fourth-order valence-electron chi connectivity index (χ4n) is 3.90. The highest BCUT2D eigenvalue weighted by atomic mass is 16.5. The zero-order valence-electron chi connectivity index (χ0n) is 15.9. The van der Waals surface area contributed by atoms with Gasteiger partial charge in [-0.05, 0) is 43.4 Å². The van der Waals surface area contributed by atoms with Gasteiger partial charge in [0.15, 0.2) is 0 Å². The van der Waals surface area contributed by atoms with Crippen LogP contribution >= 0.6 is 0 Å². The molecule has 6 heteroatoms. The summed E-state index contributed by atoms with van der Waals surface area (Å²) in [5, 5.41) is 0. The number of morpholine rings is 1. The van der Waals surface area contributed by atoms with E-state index in [0.29, 0.717) is 32.2 Å². The molecule has 3 fully saturated rings. The van der Waals surface area contributed by atoms with E-state index in [2.05, 4.69) is 9.88 Å². The second-order valence-corrected chi connectivity index (χ2v) is 7.64. The minimum absolute atomic E-state index is 0.0249. The number of nitrogens with zero attached hydrogens (tertiary/aromatic N) is 3. The Bertz CT molecular complexity index is 643. The van der Waals surface area contributed by atoms with Crippen LogP contribution in [0.2, 0.25) is 0 Å². The third kappa shape index (κ3) is 4.87. The van der Waals surface area contributed by atoms with Crippen LogP contribution in [0.1, 0.15) is 37.7 Å². The van der Waals surface area contributed by atoms with Gasteiger partial charge in [-0.1, -0.05) is 6.42 Å². The van der Waals surface area contributed by atoms with Crippen molar-refractivity contribution in [3.63, 3.8) is 0 Å². The molecule has 2 aliphatic heterocycles. The van der Waals surface area contributed by atoms with Crippen LogP contribution in [0.3, 0.4) is 0 Å². The molecule has 2 saturated heterocycles. The Hall–Kier alpha value is -1.92. The SMILES string of the molecule is O=C(/C=C/c1ccc(OC2CCN(C3CCC3)CC2)nc1)N1CCOCC1. The molecule has 0 aromatic carbocycles. The molecule has 4 rings (SSSR count). The van der Waals surface area contributed by atoms with E-state index in [1.807, 2.05) is 18.2 Å². The normalized spacial score (nSPS) is 22.7. The first-order chi connectivity index (χ1) is 13.3. The van der Waals surface area contributed by atoms with Crippen molar-refractivity contribution in [3.05, 3.63) is 30.0 Å². The molecular weight excluding hydrogens is 342 g/mol. The number of carbonyl (C=O) groups excluding carboxylic acids is 1. The van der Waals surface area contributed by atoms with E-state index in [-0.39, 0.29) is 12.0 Å². The molecule has 3 heterocycles. The zero-order chi connectivity index (χ0) is 18.5. The molecule has 1 aromatic rings. The summed E-state index contributed by atoms with van der Waals surface area (Å²) in [5.41, 5.74) is 0.906. The number of pyridine rings is 1. The van der Waals surface area contributed by atoms with Crippen LogP contribution < -0.4 is 4.74 Å². The molecule has 3 aliphatic rings. The number of aromatic nitrogens is 1. The highest BCUT2D eigenvalue weighted by Crippen LogP contribution is 2.28. The van der Waals surface area contributed by atoms with Crippen LogP contribution in [-0.2, 0) is 9.53 Å². The summed E-state index contributed by atoms with van der Waals surface area (Å²) in [7, 11) is 0. The van der Waals surface area contributed by atoms with Crippen molar-refractivity contribution in [1.82, 2.24) is 14.8 Å². The van der Waals surface area contributed by atoms with Gasteiger partial charge in [0, 0.05) is 50.6 Å². The van der Waals surface area contributed by atoms with E-state index in [0.717, 1.165) is 37.5 Å². The molecule has 0 unspecified atom stereocenters. The average Bonchev–Trinajstić information content (AvgIpc) is 2.68. The Balaban J connectivity index is 1.24. The standard InChI is InChI=1S/C21H29N3O3/c25-21(24-12-14-26-15-13-24)7-5-17-4-6-20(22-16-17)27-19-8-10-23(11-9-19)18-2-1-3-18/h4-7,16,18-19H,1-3,8-15H2/b7-5+. The molecule has 27 heavy (non-hydrogen) atoms. The maximum Gasteiger partial charge on any atom is 0.246 e. The van der Waals surface area contributed by atoms with Crippen LogP contribution in [0.5, 0.6) is 5.88 Å². The first-order valence-corrected chi connectivity index (χ1v) is 10.2. The summed E-state index contributed by atoms with van der Waals surface area (Å²) in [5.74, 6) is 0.700. The highest BCUT2D eigenvalue weighted by molar-refractivity contribution is 5.91. The summed E-state index contributed by atoms with van der Waals surface area (Å²) in [6.45, 7) is 4.83. The van der Waals surface area contributed by atoms with Gasteiger partial charge in [0.2, 0.25) is 11.8 Å². The lowest BCUT2D eigenvalue weighted by atomic mass is 9.90. The Morgan fingerprint density at radius 2 is 1.89 bits per heavy atom. The van der Waals surface area contributed by atoms with Crippen molar-refractivity contribution in [2.24, 2.45) is 0 Å². The van der Waals surface area contributed by atoms with Crippen LogP contribution in [0, 0.1) is 0 Å². The molecule has 0 atom stereocenters. The van der Waals surface area contributed by atoms with E-state index in [9.17, 15) is 4.79 Å². The molecule has 6 nitrogen and oxygen atoms in total. The monoisotopic (exact) mass is 371 g/mol. The van der Waals surface area contributed by atoms with E-state index >= 15 is 0 Å². The van der Waals surface area contributed by atoms with Crippen molar-refractivity contribution in [3.8, 4) is 5.88 Å². The molecule has 0 radical (unpaired) electrons. The van der Waals surface area contributed by atoms with Crippen molar-refractivity contribution in [2.45, 2.75) is 44.2 Å². The second-order valence-electron chi connectivity index (χ2n) is 7.64. The van der Waals surface area contributed by atoms with E-state index in [1.165, 1.54) is 19.3 Å². The van der Waals surface area contributed by atoms with Gasteiger partial charge in [-0.15, -0.1) is 0 Å². The number of amides is 1. The van der Waals surface area contributed by atoms with Crippen molar-refractivity contribution >= 4 is 12.0 Å². The van der Waals surface area contributed by atoms with Gasteiger partial charge in [-0.25, -0.2) is 4.98 Å². The number of piperidine rings is 1. The van der Waals surface area contributed by atoms with Crippen LogP contribution in [0.4, 0.5) is 0 Å². The zero-order valence-corrected chi connectivity index (χ0v) is 15.9. The summed E-state index contributed by atoms with van der Waals surface area (Å²) >= 11 is 0. The number of ether oxygens (including phenoxy) is 2. The number of rotatable bonds is 5. The minimum Gasteiger partial charge on any atom is -0.474 e. The first-order valence-electron chi connectivity index (χ1n) is 10.2. The minimum atomic E-state index is 0.0249. The lowest BCUT2D eigenvalue weighted by Crippen LogP contribution is -2.46. The van der Waals surface area contributed by atoms with E-state index < -0.39 is 0 Å². The maximum absolute atomic E-state index is 12.1. The molecule has 1 aliphatic carbocycles. The topological polar surface area (TPSA) is 54.9 Å². The number of likely N-dealkylation sites (tertiary alicyclic amines) is 1. The van der Waals surface area contributed by atoms with Crippen molar-refractivity contribution in [2.75, 3.05) is 39.4 Å². The predicted octanol–water partition coefficient (Wildman–Crippen LogP) is 2.35. The quantitative estimate of drug-likeness (QED) is 0.744. The molecule has 146 valence electrons. The third-order valence-electron chi connectivity index (χ3n) is 5.86. The number of hydrogen-bond donors (Lipinski definition) is 0. The fraction of sp³-hybridized carbons (Fsp3) is 0.619. The molecule has 0 N–H and O–H groups in total. The first kappa shape index (κ1) is 18.4. The maximum atomic E-state index is 12.1. The Labute approximate surface area is 161 Å². The van der Waals surface area contributed by atoms with Crippen LogP contribution in [0.15, 0.2) is 24.4 Å². The second kappa shape index (κ2) is 8.85. The molecule has 1 saturated carbocycles. The van der Waals surface area contributed by atoms with Gasteiger partial charge in [0.1, 0.15) is 6.10 Å². The Morgan fingerprint density at radius 1 is 1.11 bits per heavy atom. The van der Waals surface area contributed by atoms with Gasteiger partial charge < -0.3 is 19.3 Å². The Kier molecular flexibility index (Phi) is 6.04. The Morgan fingerprint density at radius 3 is 2.52 bits per heavy atom. The predicted molar refractivity (Wildman–Crippen MR) is 104 cm³/mol. The summed E-state index contributed by atoms with van der Waals surface area (Å²) in [6.07, 6.45) is 11.7. The summed E-state index contributed by atoms with van der Waals surface area (Å²) in [6, 6.07) is 4.68. The van der Waals surface area contributed by atoms with Crippen LogP contribution in [0.25, 0.3) is 6.08 Å². The van der Waals surface area contributed by atoms with E-state index in [1.54, 1.807) is 17.2 Å². The van der Waals surface area contributed by atoms with Crippen molar-refractivity contribution < 1.29 is 14.3 Å². The fourth-order valence-corrected chi connectivity index (χ4v) is 3.90. The lowest BCUT2D eigenvalue weighted by Gasteiger charge is -2.41. The number of carbonyl (C=O) groups is 1. The van der Waals surface area contributed by atoms with Gasteiger partial charge in [0.25, 0.3) is 0 Å². The molecular formula is C21H29N3O3. The van der Waals surface area contributed by atoms with Gasteiger partial charge >= 0.3 is 0 Å². The van der Waals surface area contributed by atoms with Gasteiger partial charge in [0.05, 0.1) is 13.2 Å². The number of hydrogen-bond acceptors (Lipinski definition) is 5. The van der Waals surface area contributed by atoms with Gasteiger partial charge in [-0.2, -0.15) is 0 Å². The summed E-state index contributed by atoms with van der Waals surface area (Å²) < 4.78 is 11.3. The van der Waals surface area contributed by atoms with Crippen molar-refractivity contribution in [1.29, 1.82) is 0 Å². The molecule has 1 aromatic heterocycles. The van der Waals surface area contributed by atoms with Crippen LogP contribution in [-0.4, -0.2) is 72.2 Å². The summed E-state index contributed by atoms with van der Waals surface area (Å²) in [4.78, 5) is 21.0. The molecule has 0 spiro atoms. The average molecular weight is 371 g/mol. The third-order valence-corrected chi connectivity index (χ3v) is 5.86. The molecule has 0 bridgehead atoms. The molecule has 1 amide bonds. The van der Waals surface area contributed by atoms with Gasteiger partial charge in [-0.3, -0.25) is 4.79 Å². The highest BCUT2D eigenvalue weighted by Gasteiger charge is 2.29.